The van der Waals surface area contributed by atoms with E-state index in [1.807, 2.05) is 25.1 Å². The standard InChI is InChI=1S/C20H27N5O/c1-4-5-12-17-23-18-19(25(17)13-8-9-14(2)24-26-3)15-10-6-7-11-16(15)22-20(18)21/h6-7,10-11H,4-5,8-9,12-13H2,1-3H3,(H2,21,22). The van der Waals surface area contributed by atoms with E-state index in [0.29, 0.717) is 5.82 Å². The summed E-state index contributed by atoms with van der Waals surface area (Å²) in [5.74, 6) is 1.60. The lowest BCUT2D eigenvalue weighted by Gasteiger charge is -2.11. The minimum absolute atomic E-state index is 0.507. The fourth-order valence-electron chi connectivity index (χ4n) is 3.37. The largest absolute Gasteiger partial charge is 0.399 e. The summed E-state index contributed by atoms with van der Waals surface area (Å²) >= 11 is 0. The maximum absolute atomic E-state index is 6.23. The van der Waals surface area contributed by atoms with Crippen LogP contribution in [0.25, 0.3) is 21.9 Å². The van der Waals surface area contributed by atoms with Crippen LogP contribution < -0.4 is 5.73 Å². The van der Waals surface area contributed by atoms with E-state index >= 15 is 0 Å². The Balaban J connectivity index is 2.05. The number of para-hydroxylation sites is 1. The Morgan fingerprint density at radius 1 is 1.23 bits per heavy atom. The van der Waals surface area contributed by atoms with E-state index in [4.69, 9.17) is 15.6 Å². The SMILES string of the molecule is CCCCc1nc2c(N)nc3ccccc3c2n1CCCC(C)=NOC. The predicted octanol–water partition coefficient (Wildman–Crippen LogP) is 4.31. The van der Waals surface area contributed by atoms with Crippen molar-refractivity contribution < 1.29 is 4.84 Å². The number of nitrogen functional groups attached to an aromatic ring is 1. The van der Waals surface area contributed by atoms with Gasteiger partial charge in [-0.05, 0) is 32.3 Å². The molecule has 2 N–H and O–H groups in total. The molecule has 0 amide bonds. The molecule has 2 aromatic heterocycles. The summed E-state index contributed by atoms with van der Waals surface area (Å²) in [6, 6.07) is 8.13. The van der Waals surface area contributed by atoms with Crippen LogP contribution in [0.5, 0.6) is 0 Å². The van der Waals surface area contributed by atoms with E-state index < -0.39 is 0 Å². The first-order valence-electron chi connectivity index (χ1n) is 9.25. The van der Waals surface area contributed by atoms with Crippen LogP contribution in [-0.2, 0) is 17.8 Å². The third kappa shape index (κ3) is 3.64. The third-order valence-corrected chi connectivity index (χ3v) is 4.61. The van der Waals surface area contributed by atoms with E-state index in [1.165, 1.54) is 0 Å². The molecule has 0 unspecified atom stereocenters. The number of aromatic nitrogens is 3. The van der Waals surface area contributed by atoms with Gasteiger partial charge in [0.15, 0.2) is 5.82 Å². The minimum Gasteiger partial charge on any atom is -0.399 e. The van der Waals surface area contributed by atoms with Crippen molar-refractivity contribution in [2.75, 3.05) is 12.8 Å². The summed E-state index contributed by atoms with van der Waals surface area (Å²) in [6.07, 6.45) is 5.05. The lowest BCUT2D eigenvalue weighted by atomic mass is 10.1. The predicted molar refractivity (Wildman–Crippen MR) is 107 cm³/mol. The average Bonchev–Trinajstić information content (AvgIpc) is 3.00. The van der Waals surface area contributed by atoms with Crippen LogP contribution in [-0.4, -0.2) is 27.4 Å². The zero-order chi connectivity index (χ0) is 18.5. The number of nitrogens with two attached hydrogens (primary N) is 1. The molecule has 0 aliphatic rings. The average molecular weight is 353 g/mol. The van der Waals surface area contributed by atoms with Crippen LogP contribution in [0.1, 0.15) is 45.4 Å². The Morgan fingerprint density at radius 2 is 2.04 bits per heavy atom. The molecule has 0 saturated heterocycles. The molecule has 138 valence electrons. The molecule has 1 aromatic carbocycles. The van der Waals surface area contributed by atoms with Gasteiger partial charge in [0.2, 0.25) is 0 Å². The molecular weight excluding hydrogens is 326 g/mol. The van der Waals surface area contributed by atoms with Crippen molar-refractivity contribution in [3.8, 4) is 0 Å². The smallest absolute Gasteiger partial charge is 0.152 e. The Bertz CT molecular complexity index is 929. The first kappa shape index (κ1) is 18.2. The summed E-state index contributed by atoms with van der Waals surface area (Å²) in [5, 5.41) is 5.11. The minimum atomic E-state index is 0.507. The summed E-state index contributed by atoms with van der Waals surface area (Å²) in [5.41, 5.74) is 10.1. The van der Waals surface area contributed by atoms with Crippen LogP contribution in [0, 0.1) is 0 Å². The molecule has 0 bridgehead atoms. The molecule has 0 aliphatic heterocycles. The topological polar surface area (TPSA) is 78.3 Å². The van der Waals surface area contributed by atoms with Gasteiger partial charge in [-0.1, -0.05) is 36.7 Å². The maximum atomic E-state index is 6.23. The molecule has 0 atom stereocenters. The number of fused-ring (bicyclic) bond motifs is 3. The van der Waals surface area contributed by atoms with Crippen molar-refractivity contribution in [3.63, 3.8) is 0 Å². The van der Waals surface area contributed by atoms with Gasteiger partial charge in [0, 0.05) is 18.4 Å². The number of hydrogen-bond donors (Lipinski definition) is 1. The zero-order valence-electron chi connectivity index (χ0n) is 15.8. The first-order chi connectivity index (χ1) is 12.7. The highest BCUT2D eigenvalue weighted by atomic mass is 16.6. The quantitative estimate of drug-likeness (QED) is 0.483. The molecule has 26 heavy (non-hydrogen) atoms. The second-order valence-electron chi connectivity index (χ2n) is 6.61. The highest BCUT2D eigenvalue weighted by Crippen LogP contribution is 2.29. The number of imidazole rings is 1. The van der Waals surface area contributed by atoms with Gasteiger partial charge in [-0.3, -0.25) is 0 Å². The summed E-state index contributed by atoms with van der Waals surface area (Å²) in [4.78, 5) is 14.2. The molecule has 0 radical (unpaired) electrons. The van der Waals surface area contributed by atoms with Crippen LogP contribution in [0.4, 0.5) is 5.82 Å². The fourth-order valence-corrected chi connectivity index (χ4v) is 3.37. The number of unbranched alkanes of at least 4 members (excludes halogenated alkanes) is 1. The van der Waals surface area contributed by atoms with E-state index in [2.05, 4.69) is 27.7 Å². The normalized spacial score (nSPS) is 12.2. The van der Waals surface area contributed by atoms with Crippen molar-refractivity contribution in [2.45, 2.75) is 52.5 Å². The lowest BCUT2D eigenvalue weighted by Crippen LogP contribution is -2.06. The van der Waals surface area contributed by atoms with Gasteiger partial charge in [0.25, 0.3) is 0 Å². The number of rotatable bonds is 8. The highest BCUT2D eigenvalue weighted by molar-refractivity contribution is 6.06. The number of aryl methyl sites for hydroxylation is 2. The Kier molecular flexibility index (Phi) is 5.71. The van der Waals surface area contributed by atoms with Crippen LogP contribution >= 0.6 is 0 Å². The molecule has 0 saturated carbocycles. The zero-order valence-corrected chi connectivity index (χ0v) is 15.8. The Morgan fingerprint density at radius 3 is 2.81 bits per heavy atom. The monoisotopic (exact) mass is 353 g/mol. The summed E-state index contributed by atoms with van der Waals surface area (Å²) < 4.78 is 2.32. The van der Waals surface area contributed by atoms with Gasteiger partial charge in [0.1, 0.15) is 18.5 Å². The van der Waals surface area contributed by atoms with Crippen LogP contribution in [0.15, 0.2) is 29.4 Å². The molecule has 3 rings (SSSR count). The summed E-state index contributed by atoms with van der Waals surface area (Å²) in [6.45, 7) is 5.06. The number of oxime groups is 1. The van der Waals surface area contributed by atoms with Gasteiger partial charge >= 0.3 is 0 Å². The van der Waals surface area contributed by atoms with Gasteiger partial charge in [-0.15, -0.1) is 0 Å². The molecule has 6 nitrogen and oxygen atoms in total. The lowest BCUT2D eigenvalue weighted by molar-refractivity contribution is 0.212. The van der Waals surface area contributed by atoms with Gasteiger partial charge in [-0.2, -0.15) is 0 Å². The fraction of sp³-hybridized carbons (Fsp3) is 0.450. The molecular formula is C20H27N5O. The Hall–Kier alpha value is -2.63. The maximum Gasteiger partial charge on any atom is 0.152 e. The third-order valence-electron chi connectivity index (χ3n) is 4.61. The van der Waals surface area contributed by atoms with Gasteiger partial charge < -0.3 is 15.1 Å². The second kappa shape index (κ2) is 8.17. The van der Waals surface area contributed by atoms with Crippen molar-refractivity contribution in [1.29, 1.82) is 0 Å². The van der Waals surface area contributed by atoms with Gasteiger partial charge in [0.05, 0.1) is 16.7 Å². The second-order valence-corrected chi connectivity index (χ2v) is 6.61. The summed E-state index contributed by atoms with van der Waals surface area (Å²) in [7, 11) is 1.58. The van der Waals surface area contributed by atoms with E-state index in [0.717, 1.165) is 72.1 Å². The van der Waals surface area contributed by atoms with Crippen LogP contribution in [0.3, 0.4) is 0 Å². The van der Waals surface area contributed by atoms with Crippen molar-refractivity contribution in [3.05, 3.63) is 30.1 Å². The number of hydrogen-bond acceptors (Lipinski definition) is 5. The van der Waals surface area contributed by atoms with Crippen molar-refractivity contribution in [1.82, 2.24) is 14.5 Å². The highest BCUT2D eigenvalue weighted by Gasteiger charge is 2.16. The van der Waals surface area contributed by atoms with Crippen molar-refractivity contribution >= 4 is 33.5 Å². The first-order valence-corrected chi connectivity index (χ1v) is 9.25. The number of benzene rings is 1. The van der Waals surface area contributed by atoms with E-state index in [9.17, 15) is 0 Å². The molecule has 0 spiro atoms. The van der Waals surface area contributed by atoms with Gasteiger partial charge in [-0.25, -0.2) is 9.97 Å². The molecule has 0 aliphatic carbocycles. The molecule has 6 heteroatoms. The number of anilines is 1. The van der Waals surface area contributed by atoms with E-state index in [1.54, 1.807) is 7.11 Å². The number of nitrogens with zero attached hydrogens (tertiary/aromatic N) is 4. The number of pyridine rings is 1. The van der Waals surface area contributed by atoms with Crippen LogP contribution in [0.2, 0.25) is 0 Å². The molecule has 0 fully saturated rings. The van der Waals surface area contributed by atoms with Crippen molar-refractivity contribution in [2.24, 2.45) is 5.16 Å². The van der Waals surface area contributed by atoms with E-state index in [-0.39, 0.29) is 0 Å². The molecule has 2 heterocycles. The Labute approximate surface area is 154 Å². The molecule has 3 aromatic rings.